The summed E-state index contributed by atoms with van der Waals surface area (Å²) in [4.78, 5) is 9.31. The smallest absolute Gasteiger partial charge is 0.161 e. The average Bonchev–Trinajstić information content (AvgIpc) is 3.22. The number of benzene rings is 1. The van der Waals surface area contributed by atoms with Crippen LogP contribution >= 0.6 is 11.3 Å². The average molecular weight is 408 g/mol. The van der Waals surface area contributed by atoms with Gasteiger partial charge in [0.1, 0.15) is 5.75 Å². The number of aliphatic imine (C=N–C) groups is 1. The number of aryl methyl sites for hydroxylation is 1. The highest BCUT2D eigenvalue weighted by atomic mass is 32.1. The molecule has 150 valence electrons. The van der Waals surface area contributed by atoms with Gasteiger partial charge in [-0.3, -0.25) is 9.98 Å². The normalized spacial score (nSPS) is 19.1. The van der Waals surface area contributed by atoms with E-state index >= 15 is 0 Å². The minimum absolute atomic E-state index is 0.161. The molecular weight excluding hydrogens is 382 g/mol. The third-order valence-corrected chi connectivity index (χ3v) is 6.63. The lowest BCUT2D eigenvalue weighted by Gasteiger charge is -2.24. The highest BCUT2D eigenvalue weighted by Crippen LogP contribution is 2.33. The first-order valence-electron chi connectivity index (χ1n) is 10.2. The van der Waals surface area contributed by atoms with E-state index in [2.05, 4.69) is 46.9 Å². The highest BCUT2D eigenvalue weighted by Gasteiger charge is 2.20. The Kier molecular flexibility index (Phi) is 5.21. The van der Waals surface area contributed by atoms with Crippen molar-refractivity contribution in [1.82, 2.24) is 4.98 Å². The third kappa shape index (κ3) is 4.00. The van der Waals surface area contributed by atoms with Crippen molar-refractivity contribution < 1.29 is 9.47 Å². The molecule has 3 aromatic rings. The predicted octanol–water partition coefficient (Wildman–Crippen LogP) is 5.34. The number of hydrogen-bond acceptors (Lipinski definition) is 6. The van der Waals surface area contributed by atoms with Crippen molar-refractivity contribution in [3.8, 4) is 5.75 Å². The third-order valence-electron chi connectivity index (χ3n) is 5.76. The van der Waals surface area contributed by atoms with Crippen LogP contribution in [-0.2, 0) is 4.74 Å². The molecule has 5 rings (SSSR count). The number of thiophene rings is 1. The monoisotopic (exact) mass is 407 g/mol. The van der Waals surface area contributed by atoms with Crippen LogP contribution in [0, 0.1) is 12.8 Å². The molecule has 1 saturated heterocycles. The van der Waals surface area contributed by atoms with Gasteiger partial charge in [0.25, 0.3) is 0 Å². The summed E-state index contributed by atoms with van der Waals surface area (Å²) in [6.45, 7) is 4.64. The number of hydrogen-bond donors (Lipinski definition) is 1. The van der Waals surface area contributed by atoms with Crippen LogP contribution in [0.4, 0.5) is 5.69 Å². The molecule has 0 saturated carbocycles. The van der Waals surface area contributed by atoms with Crippen LogP contribution in [0.25, 0.3) is 10.1 Å². The molecule has 0 bridgehead atoms. The molecule has 1 unspecified atom stereocenters. The largest absolute Gasteiger partial charge is 0.494 e. The Balaban J connectivity index is 1.28. The first-order valence-corrected chi connectivity index (χ1v) is 11.1. The Morgan fingerprint density at radius 1 is 1.24 bits per heavy atom. The van der Waals surface area contributed by atoms with Crippen molar-refractivity contribution in [3.05, 3.63) is 52.7 Å². The van der Waals surface area contributed by atoms with E-state index in [0.29, 0.717) is 0 Å². The predicted molar refractivity (Wildman–Crippen MR) is 118 cm³/mol. The zero-order valence-corrected chi connectivity index (χ0v) is 17.4. The second-order valence-corrected chi connectivity index (χ2v) is 8.74. The second-order valence-electron chi connectivity index (χ2n) is 7.79. The number of nitrogens with zero attached hydrogens (tertiary/aromatic N) is 2. The molecule has 5 nitrogen and oxygen atoms in total. The Morgan fingerprint density at radius 3 is 3.03 bits per heavy atom. The van der Waals surface area contributed by atoms with Crippen molar-refractivity contribution in [1.29, 1.82) is 0 Å². The second kappa shape index (κ2) is 8.13. The molecule has 0 amide bonds. The fourth-order valence-electron chi connectivity index (χ4n) is 4.05. The molecule has 2 aliphatic heterocycles. The van der Waals surface area contributed by atoms with Gasteiger partial charge >= 0.3 is 0 Å². The van der Waals surface area contributed by atoms with E-state index in [1.54, 1.807) is 11.3 Å². The van der Waals surface area contributed by atoms with Gasteiger partial charge in [0, 0.05) is 36.9 Å². The molecule has 2 aromatic heterocycles. The van der Waals surface area contributed by atoms with Gasteiger partial charge in [0.2, 0.25) is 0 Å². The maximum absolute atomic E-state index is 6.07. The number of aromatic nitrogens is 1. The summed E-state index contributed by atoms with van der Waals surface area (Å²) < 4.78 is 12.7. The molecular formula is C23H25N3O2S. The van der Waals surface area contributed by atoms with E-state index in [9.17, 15) is 0 Å². The molecule has 1 N–H and O–H groups in total. The van der Waals surface area contributed by atoms with Crippen LogP contribution in [0.5, 0.6) is 5.75 Å². The van der Waals surface area contributed by atoms with E-state index in [4.69, 9.17) is 14.5 Å². The van der Waals surface area contributed by atoms with Gasteiger partial charge in [0.15, 0.2) is 6.17 Å². The van der Waals surface area contributed by atoms with Gasteiger partial charge in [-0.25, -0.2) is 0 Å². The quantitative estimate of drug-likeness (QED) is 0.620. The zero-order valence-electron chi connectivity index (χ0n) is 16.6. The summed E-state index contributed by atoms with van der Waals surface area (Å²) in [5.41, 5.74) is 4.28. The van der Waals surface area contributed by atoms with Crippen LogP contribution in [0.2, 0.25) is 0 Å². The summed E-state index contributed by atoms with van der Waals surface area (Å²) in [6, 6.07) is 8.44. The minimum Gasteiger partial charge on any atom is -0.494 e. The SMILES string of the molecule is Cc1cc(OCCC2CCOCC2)cc2c1NC(c1cc3ccsc3cn1)N=C2. The molecule has 1 atom stereocenters. The summed E-state index contributed by atoms with van der Waals surface area (Å²) in [5, 5.41) is 6.86. The number of anilines is 1. The van der Waals surface area contributed by atoms with E-state index in [-0.39, 0.29) is 6.17 Å². The molecule has 1 fully saturated rings. The van der Waals surface area contributed by atoms with Crippen LogP contribution < -0.4 is 10.1 Å². The van der Waals surface area contributed by atoms with E-state index in [1.807, 2.05) is 12.4 Å². The van der Waals surface area contributed by atoms with Crippen molar-refractivity contribution in [3.63, 3.8) is 0 Å². The van der Waals surface area contributed by atoms with Crippen LogP contribution in [0.3, 0.4) is 0 Å². The van der Waals surface area contributed by atoms with E-state index < -0.39 is 0 Å². The Hall–Kier alpha value is -2.44. The van der Waals surface area contributed by atoms with Gasteiger partial charge in [0.05, 0.1) is 17.0 Å². The lowest BCUT2D eigenvalue weighted by Crippen LogP contribution is -2.18. The van der Waals surface area contributed by atoms with Gasteiger partial charge in [-0.2, -0.15) is 0 Å². The molecule has 0 spiro atoms. The summed E-state index contributed by atoms with van der Waals surface area (Å²) >= 11 is 1.71. The lowest BCUT2D eigenvalue weighted by molar-refractivity contribution is 0.0593. The fraction of sp³-hybridized carbons (Fsp3) is 0.391. The Bertz CT molecular complexity index is 1040. The topological polar surface area (TPSA) is 55.7 Å². The number of nitrogens with one attached hydrogen (secondary N) is 1. The highest BCUT2D eigenvalue weighted by molar-refractivity contribution is 7.17. The fourth-order valence-corrected chi connectivity index (χ4v) is 4.79. The molecule has 1 aromatic carbocycles. The van der Waals surface area contributed by atoms with Crippen molar-refractivity contribution >= 4 is 33.3 Å². The van der Waals surface area contributed by atoms with E-state index in [1.165, 1.54) is 10.1 Å². The first-order chi connectivity index (χ1) is 14.3. The number of ether oxygens (including phenoxy) is 2. The number of fused-ring (bicyclic) bond motifs is 2. The molecule has 2 aliphatic rings. The van der Waals surface area contributed by atoms with Crippen LogP contribution in [-0.4, -0.2) is 31.0 Å². The number of rotatable bonds is 5. The van der Waals surface area contributed by atoms with Crippen LogP contribution in [0.15, 0.2) is 40.8 Å². The first kappa shape index (κ1) is 18.6. The van der Waals surface area contributed by atoms with Crippen molar-refractivity contribution in [2.24, 2.45) is 10.9 Å². The summed E-state index contributed by atoms with van der Waals surface area (Å²) in [5.74, 6) is 1.64. The molecule has 29 heavy (non-hydrogen) atoms. The maximum atomic E-state index is 6.07. The van der Waals surface area contributed by atoms with E-state index in [0.717, 1.165) is 73.3 Å². The Morgan fingerprint density at radius 2 is 2.14 bits per heavy atom. The van der Waals surface area contributed by atoms with Gasteiger partial charge < -0.3 is 14.8 Å². The minimum atomic E-state index is -0.161. The van der Waals surface area contributed by atoms with Crippen LogP contribution in [0.1, 0.15) is 42.2 Å². The summed E-state index contributed by atoms with van der Waals surface area (Å²) in [7, 11) is 0. The maximum Gasteiger partial charge on any atom is 0.161 e. The van der Waals surface area contributed by atoms with Crippen molar-refractivity contribution in [2.45, 2.75) is 32.4 Å². The molecule has 0 aliphatic carbocycles. The molecule has 0 radical (unpaired) electrons. The van der Waals surface area contributed by atoms with Crippen molar-refractivity contribution in [2.75, 3.05) is 25.1 Å². The van der Waals surface area contributed by atoms with Gasteiger partial charge in [-0.1, -0.05) is 0 Å². The van der Waals surface area contributed by atoms with Gasteiger partial charge in [-0.15, -0.1) is 11.3 Å². The number of pyridine rings is 1. The van der Waals surface area contributed by atoms with Gasteiger partial charge in [-0.05, 0) is 72.7 Å². The molecule has 6 heteroatoms. The molecule has 4 heterocycles. The standard InChI is InChI=1S/C23H25N3O2S/c1-15-10-19(28-8-4-16-2-6-27-7-3-16)11-18-13-25-23(26-22(15)18)20-12-17-5-9-29-21(17)14-24-20/h5,9-14,16,23,26H,2-4,6-8H2,1H3. The Labute approximate surface area is 174 Å². The lowest BCUT2D eigenvalue weighted by atomic mass is 9.97. The summed E-state index contributed by atoms with van der Waals surface area (Å²) in [6.07, 6.45) is 7.10. The zero-order chi connectivity index (χ0) is 19.6.